The van der Waals surface area contributed by atoms with Crippen LogP contribution in [-0.4, -0.2) is 48.2 Å². The normalized spacial score (nSPS) is 10.2. The number of hydrogen-bond donors (Lipinski definition) is 0. The number of aldehydes is 1. The van der Waals surface area contributed by atoms with Gasteiger partial charge in [-0.2, -0.15) is 0 Å². The highest BCUT2D eigenvalue weighted by atomic mass is 16.6. The molecular formula is C21H22N2O7. The molecule has 0 atom stereocenters. The predicted octanol–water partition coefficient (Wildman–Crippen LogP) is 2.77. The average Bonchev–Trinajstić information content (AvgIpc) is 2.76. The summed E-state index contributed by atoms with van der Waals surface area (Å²) in [5, 5.41) is 11.0. The van der Waals surface area contributed by atoms with Gasteiger partial charge in [0.2, 0.25) is 5.91 Å². The van der Waals surface area contributed by atoms with Crippen LogP contribution in [0.15, 0.2) is 48.5 Å². The van der Waals surface area contributed by atoms with Gasteiger partial charge in [0, 0.05) is 13.0 Å². The minimum atomic E-state index is -0.658. The quantitative estimate of drug-likeness (QED) is 0.182. The topological polar surface area (TPSA) is 116 Å². The minimum Gasteiger partial charge on any atom is -0.493 e. The standard InChI is InChI=1S/C21H22N2O7/c1-29-21(26)14-22(13-16-6-3-2-4-7-16)20(25)8-5-11-30-18-10-9-17(15-24)19(12-18)23(27)28/h2-4,6-7,9-10,12,15H,5,8,11,13-14H2,1H3. The summed E-state index contributed by atoms with van der Waals surface area (Å²) < 4.78 is 10.1. The van der Waals surface area contributed by atoms with Crippen molar-refractivity contribution in [2.75, 3.05) is 20.3 Å². The highest BCUT2D eigenvalue weighted by Gasteiger charge is 2.18. The molecule has 158 valence electrons. The summed E-state index contributed by atoms with van der Waals surface area (Å²) in [4.78, 5) is 46.8. The summed E-state index contributed by atoms with van der Waals surface area (Å²) in [5.41, 5.74) is 0.501. The third-order valence-electron chi connectivity index (χ3n) is 4.25. The highest BCUT2D eigenvalue weighted by molar-refractivity contribution is 5.82. The zero-order chi connectivity index (χ0) is 21.9. The van der Waals surface area contributed by atoms with Gasteiger partial charge in [-0.25, -0.2) is 0 Å². The van der Waals surface area contributed by atoms with Gasteiger partial charge in [-0.15, -0.1) is 0 Å². The largest absolute Gasteiger partial charge is 0.493 e. The van der Waals surface area contributed by atoms with Crippen LogP contribution in [0.3, 0.4) is 0 Å². The molecule has 0 heterocycles. The van der Waals surface area contributed by atoms with Crippen molar-refractivity contribution in [3.05, 3.63) is 69.8 Å². The molecule has 2 aromatic carbocycles. The molecule has 1 amide bonds. The van der Waals surface area contributed by atoms with E-state index in [1.807, 2.05) is 30.3 Å². The van der Waals surface area contributed by atoms with Crippen molar-refractivity contribution in [1.29, 1.82) is 0 Å². The van der Waals surface area contributed by atoms with Gasteiger partial charge in [0.15, 0.2) is 6.29 Å². The zero-order valence-electron chi connectivity index (χ0n) is 16.5. The molecule has 0 aliphatic carbocycles. The number of esters is 1. The van der Waals surface area contributed by atoms with E-state index in [2.05, 4.69) is 4.74 Å². The Bertz CT molecular complexity index is 899. The molecule has 2 aromatic rings. The van der Waals surface area contributed by atoms with Crippen LogP contribution >= 0.6 is 0 Å². The third-order valence-corrected chi connectivity index (χ3v) is 4.25. The zero-order valence-corrected chi connectivity index (χ0v) is 16.5. The van der Waals surface area contributed by atoms with E-state index >= 15 is 0 Å². The van der Waals surface area contributed by atoms with Gasteiger partial charge in [-0.3, -0.25) is 24.5 Å². The van der Waals surface area contributed by atoms with Gasteiger partial charge in [0.05, 0.1) is 30.3 Å². The number of amides is 1. The van der Waals surface area contributed by atoms with Crippen molar-refractivity contribution < 1.29 is 28.8 Å². The number of nitro benzene ring substituents is 1. The Kier molecular flexibility index (Phi) is 8.49. The third kappa shape index (κ3) is 6.69. The lowest BCUT2D eigenvalue weighted by atomic mass is 10.2. The Hall–Kier alpha value is -3.75. The molecule has 0 unspecified atom stereocenters. The first kappa shape index (κ1) is 22.5. The molecule has 30 heavy (non-hydrogen) atoms. The van der Waals surface area contributed by atoms with E-state index in [0.717, 1.165) is 5.56 Å². The summed E-state index contributed by atoms with van der Waals surface area (Å²) in [6, 6.07) is 13.2. The lowest BCUT2D eigenvalue weighted by Gasteiger charge is -2.21. The number of nitrogens with zero attached hydrogens (tertiary/aromatic N) is 2. The fourth-order valence-electron chi connectivity index (χ4n) is 2.70. The predicted molar refractivity (Wildman–Crippen MR) is 107 cm³/mol. The number of ether oxygens (including phenoxy) is 2. The van der Waals surface area contributed by atoms with Crippen molar-refractivity contribution in [3.63, 3.8) is 0 Å². The van der Waals surface area contributed by atoms with Crippen LogP contribution in [0.2, 0.25) is 0 Å². The molecule has 0 aliphatic heterocycles. The first-order chi connectivity index (χ1) is 14.4. The molecule has 0 N–H and O–H groups in total. The monoisotopic (exact) mass is 414 g/mol. The molecule has 9 nitrogen and oxygen atoms in total. The molecule has 0 spiro atoms. The Morgan fingerprint density at radius 1 is 1.17 bits per heavy atom. The van der Waals surface area contributed by atoms with Gasteiger partial charge in [0.1, 0.15) is 12.3 Å². The lowest BCUT2D eigenvalue weighted by molar-refractivity contribution is -0.385. The fourth-order valence-corrected chi connectivity index (χ4v) is 2.70. The lowest BCUT2D eigenvalue weighted by Crippen LogP contribution is -2.35. The van der Waals surface area contributed by atoms with E-state index in [1.165, 1.54) is 30.2 Å². The molecule has 0 radical (unpaired) electrons. The number of nitro groups is 1. The first-order valence-corrected chi connectivity index (χ1v) is 9.19. The second kappa shape index (κ2) is 11.3. The van der Waals surface area contributed by atoms with Gasteiger partial charge in [-0.1, -0.05) is 30.3 Å². The second-order valence-corrected chi connectivity index (χ2v) is 6.36. The van der Waals surface area contributed by atoms with Crippen LogP contribution in [0.4, 0.5) is 5.69 Å². The number of hydrogen-bond acceptors (Lipinski definition) is 7. The van der Waals surface area contributed by atoms with Crippen molar-refractivity contribution in [2.24, 2.45) is 0 Å². The number of benzene rings is 2. The Morgan fingerprint density at radius 3 is 2.53 bits per heavy atom. The van der Waals surface area contributed by atoms with Gasteiger partial charge in [-0.05, 0) is 24.1 Å². The molecule has 0 saturated carbocycles. The Balaban J connectivity index is 1.91. The Labute approximate surface area is 173 Å². The summed E-state index contributed by atoms with van der Waals surface area (Å²) >= 11 is 0. The van der Waals surface area contributed by atoms with E-state index in [-0.39, 0.29) is 49.0 Å². The molecule has 0 aliphatic rings. The molecule has 2 rings (SSSR count). The van der Waals surface area contributed by atoms with E-state index in [0.29, 0.717) is 12.7 Å². The van der Waals surface area contributed by atoms with E-state index in [1.54, 1.807) is 0 Å². The van der Waals surface area contributed by atoms with Crippen LogP contribution < -0.4 is 4.74 Å². The summed E-state index contributed by atoms with van der Waals surface area (Å²) in [6.07, 6.45) is 0.871. The maximum atomic E-state index is 12.6. The number of carbonyl (C=O) groups is 3. The van der Waals surface area contributed by atoms with E-state index in [9.17, 15) is 24.5 Å². The maximum absolute atomic E-state index is 12.6. The molecule has 0 saturated heterocycles. The van der Waals surface area contributed by atoms with Gasteiger partial charge in [0.25, 0.3) is 5.69 Å². The van der Waals surface area contributed by atoms with Crippen molar-refractivity contribution in [2.45, 2.75) is 19.4 Å². The van der Waals surface area contributed by atoms with Gasteiger partial charge < -0.3 is 14.4 Å². The summed E-state index contributed by atoms with van der Waals surface area (Å²) in [7, 11) is 1.26. The molecular weight excluding hydrogens is 392 g/mol. The fraction of sp³-hybridized carbons (Fsp3) is 0.286. The first-order valence-electron chi connectivity index (χ1n) is 9.19. The number of methoxy groups -OCH3 is 1. The molecule has 0 bridgehead atoms. The van der Waals surface area contributed by atoms with Crippen LogP contribution in [0.1, 0.15) is 28.8 Å². The SMILES string of the molecule is COC(=O)CN(Cc1ccccc1)C(=O)CCCOc1ccc(C=O)c([N+](=O)[O-])c1. The van der Waals surface area contributed by atoms with E-state index in [4.69, 9.17) is 4.74 Å². The van der Waals surface area contributed by atoms with Crippen LogP contribution in [0.25, 0.3) is 0 Å². The maximum Gasteiger partial charge on any atom is 0.325 e. The van der Waals surface area contributed by atoms with Crippen molar-refractivity contribution >= 4 is 23.9 Å². The second-order valence-electron chi connectivity index (χ2n) is 6.36. The molecule has 0 aromatic heterocycles. The number of carbonyl (C=O) groups excluding carboxylic acids is 3. The van der Waals surface area contributed by atoms with E-state index < -0.39 is 10.9 Å². The molecule has 9 heteroatoms. The van der Waals surface area contributed by atoms with Crippen LogP contribution in [0.5, 0.6) is 5.75 Å². The minimum absolute atomic E-state index is 0.0399. The number of rotatable bonds is 11. The van der Waals surface area contributed by atoms with Gasteiger partial charge >= 0.3 is 5.97 Å². The average molecular weight is 414 g/mol. The smallest absolute Gasteiger partial charge is 0.325 e. The van der Waals surface area contributed by atoms with Crippen molar-refractivity contribution in [3.8, 4) is 5.75 Å². The highest BCUT2D eigenvalue weighted by Crippen LogP contribution is 2.23. The van der Waals surface area contributed by atoms with Crippen LogP contribution in [0, 0.1) is 10.1 Å². The summed E-state index contributed by atoms with van der Waals surface area (Å²) in [6.45, 7) is 0.250. The Morgan fingerprint density at radius 2 is 1.90 bits per heavy atom. The molecule has 0 fully saturated rings. The summed E-state index contributed by atoms with van der Waals surface area (Å²) in [5.74, 6) is -0.524. The van der Waals surface area contributed by atoms with Crippen molar-refractivity contribution in [1.82, 2.24) is 4.90 Å². The van der Waals surface area contributed by atoms with Crippen LogP contribution in [-0.2, 0) is 20.9 Å².